The van der Waals surface area contributed by atoms with Crippen LogP contribution in [0.3, 0.4) is 0 Å². The Balaban J connectivity index is 2.08. The normalized spacial score (nSPS) is 23.3. The lowest BCUT2D eigenvalue weighted by Gasteiger charge is -2.28. The number of hydrogen-bond donors (Lipinski definition) is 2. The molecule has 0 saturated heterocycles. The third kappa shape index (κ3) is 2.77. The predicted molar refractivity (Wildman–Crippen MR) is 72.4 cm³/mol. The molecule has 1 unspecified atom stereocenters. The molecular weight excluding hydrogens is 208 g/mol. The summed E-state index contributed by atoms with van der Waals surface area (Å²) < 4.78 is 0. The van der Waals surface area contributed by atoms with Crippen LogP contribution in [-0.2, 0) is 5.54 Å². The summed E-state index contributed by atoms with van der Waals surface area (Å²) in [5, 5.41) is 3.38. The van der Waals surface area contributed by atoms with Crippen LogP contribution in [0.15, 0.2) is 54.3 Å². The van der Waals surface area contributed by atoms with E-state index < -0.39 is 0 Å². The van der Waals surface area contributed by atoms with Crippen LogP contribution < -0.4 is 11.1 Å². The molecule has 1 aliphatic rings. The van der Waals surface area contributed by atoms with E-state index in [1.807, 2.05) is 18.2 Å². The molecule has 2 heteroatoms. The number of allylic oxidation sites excluding steroid dienone is 1. The summed E-state index contributed by atoms with van der Waals surface area (Å²) in [5.74, 6) is 0. The zero-order valence-corrected chi connectivity index (χ0v) is 10.3. The molecule has 1 aromatic carbocycles. The van der Waals surface area contributed by atoms with E-state index in [9.17, 15) is 0 Å². The van der Waals surface area contributed by atoms with Crippen molar-refractivity contribution >= 4 is 0 Å². The summed E-state index contributed by atoms with van der Waals surface area (Å²) in [4.78, 5) is 0. The first-order chi connectivity index (χ1) is 8.24. The largest absolute Gasteiger partial charge is 0.385 e. The topological polar surface area (TPSA) is 38.0 Å². The van der Waals surface area contributed by atoms with E-state index in [2.05, 4.69) is 42.6 Å². The zero-order chi connectivity index (χ0) is 12.1. The first kappa shape index (κ1) is 11.9. The van der Waals surface area contributed by atoms with Gasteiger partial charge in [-0.2, -0.15) is 0 Å². The molecule has 2 nitrogen and oxygen atoms in total. The van der Waals surface area contributed by atoms with Crippen molar-refractivity contribution in [2.75, 3.05) is 6.54 Å². The lowest BCUT2D eigenvalue weighted by atomic mass is 9.84. The molecule has 90 valence electrons. The highest BCUT2D eigenvalue weighted by Gasteiger charge is 2.24. The standard InChI is InChI=1S/C15H20N2/c1-2-12-17-14-8-10-15(16,11-9-14)13-6-4-3-5-7-13/h3-10,17H,2,11-12,16H2,1H3. The van der Waals surface area contributed by atoms with Crippen LogP contribution in [0.5, 0.6) is 0 Å². The zero-order valence-electron chi connectivity index (χ0n) is 10.3. The van der Waals surface area contributed by atoms with Gasteiger partial charge in [-0.1, -0.05) is 49.4 Å². The molecule has 0 radical (unpaired) electrons. The highest BCUT2D eigenvalue weighted by Crippen LogP contribution is 2.28. The van der Waals surface area contributed by atoms with Crippen molar-refractivity contribution in [1.29, 1.82) is 0 Å². The third-order valence-electron chi connectivity index (χ3n) is 3.11. The molecular formula is C15H20N2. The summed E-state index contributed by atoms with van der Waals surface area (Å²) in [6.07, 6.45) is 8.35. The summed E-state index contributed by atoms with van der Waals surface area (Å²) in [5.41, 5.74) is 8.42. The summed E-state index contributed by atoms with van der Waals surface area (Å²) in [6, 6.07) is 10.3. The van der Waals surface area contributed by atoms with Gasteiger partial charge in [0.05, 0.1) is 5.54 Å². The Hall–Kier alpha value is -1.54. The van der Waals surface area contributed by atoms with Crippen molar-refractivity contribution in [2.24, 2.45) is 5.73 Å². The van der Waals surface area contributed by atoms with E-state index in [4.69, 9.17) is 5.73 Å². The van der Waals surface area contributed by atoms with Crippen molar-refractivity contribution in [2.45, 2.75) is 25.3 Å². The Kier molecular flexibility index (Phi) is 3.64. The molecule has 3 N–H and O–H groups in total. The van der Waals surface area contributed by atoms with Crippen LogP contribution in [0.4, 0.5) is 0 Å². The quantitative estimate of drug-likeness (QED) is 0.831. The van der Waals surface area contributed by atoms with Gasteiger partial charge >= 0.3 is 0 Å². The van der Waals surface area contributed by atoms with E-state index in [0.717, 1.165) is 19.4 Å². The van der Waals surface area contributed by atoms with Gasteiger partial charge in [0, 0.05) is 12.2 Å². The number of nitrogens with two attached hydrogens (primary N) is 1. The van der Waals surface area contributed by atoms with Crippen molar-refractivity contribution in [3.05, 3.63) is 59.8 Å². The molecule has 0 aromatic heterocycles. The molecule has 17 heavy (non-hydrogen) atoms. The molecule has 0 amide bonds. The van der Waals surface area contributed by atoms with E-state index in [-0.39, 0.29) is 5.54 Å². The molecule has 0 saturated carbocycles. The Morgan fingerprint density at radius 2 is 2.06 bits per heavy atom. The van der Waals surface area contributed by atoms with Crippen LogP contribution in [0.25, 0.3) is 0 Å². The maximum atomic E-state index is 6.41. The van der Waals surface area contributed by atoms with Crippen LogP contribution in [0.1, 0.15) is 25.3 Å². The van der Waals surface area contributed by atoms with Gasteiger partial charge in [-0.25, -0.2) is 0 Å². The fraction of sp³-hybridized carbons (Fsp3) is 0.333. The van der Waals surface area contributed by atoms with Gasteiger partial charge in [0.1, 0.15) is 0 Å². The highest BCUT2D eigenvalue weighted by molar-refractivity contribution is 5.36. The second-order valence-electron chi connectivity index (χ2n) is 4.53. The maximum absolute atomic E-state index is 6.41. The third-order valence-corrected chi connectivity index (χ3v) is 3.11. The van der Waals surface area contributed by atoms with Crippen molar-refractivity contribution < 1.29 is 0 Å². The van der Waals surface area contributed by atoms with Gasteiger partial charge < -0.3 is 11.1 Å². The number of hydrogen-bond acceptors (Lipinski definition) is 2. The Morgan fingerprint density at radius 3 is 2.65 bits per heavy atom. The van der Waals surface area contributed by atoms with Crippen molar-refractivity contribution in [3.8, 4) is 0 Å². The van der Waals surface area contributed by atoms with Gasteiger partial charge in [0.15, 0.2) is 0 Å². The monoisotopic (exact) mass is 228 g/mol. The molecule has 1 atom stereocenters. The molecule has 0 bridgehead atoms. The SMILES string of the molecule is CCCNC1=CCC(N)(c2ccccc2)C=C1. The van der Waals surface area contributed by atoms with Crippen LogP contribution in [0.2, 0.25) is 0 Å². The van der Waals surface area contributed by atoms with E-state index in [0.29, 0.717) is 0 Å². The molecule has 0 spiro atoms. The summed E-state index contributed by atoms with van der Waals surface area (Å²) in [6.45, 7) is 3.18. The Morgan fingerprint density at radius 1 is 1.29 bits per heavy atom. The van der Waals surface area contributed by atoms with Gasteiger partial charge in [-0.3, -0.25) is 0 Å². The van der Waals surface area contributed by atoms with E-state index >= 15 is 0 Å². The van der Waals surface area contributed by atoms with Gasteiger partial charge in [-0.15, -0.1) is 0 Å². The summed E-state index contributed by atoms with van der Waals surface area (Å²) in [7, 11) is 0. The van der Waals surface area contributed by atoms with Crippen molar-refractivity contribution in [1.82, 2.24) is 5.32 Å². The minimum Gasteiger partial charge on any atom is -0.385 e. The molecule has 1 aliphatic carbocycles. The van der Waals surface area contributed by atoms with Crippen LogP contribution in [-0.4, -0.2) is 6.54 Å². The molecule has 2 rings (SSSR count). The average Bonchev–Trinajstić information content (AvgIpc) is 2.39. The highest BCUT2D eigenvalue weighted by atomic mass is 14.9. The first-order valence-electron chi connectivity index (χ1n) is 6.22. The van der Waals surface area contributed by atoms with E-state index in [1.54, 1.807) is 0 Å². The fourth-order valence-corrected chi connectivity index (χ4v) is 2.02. The predicted octanol–water partition coefficient (Wildman–Crippen LogP) is 2.68. The second kappa shape index (κ2) is 5.19. The van der Waals surface area contributed by atoms with Gasteiger partial charge in [0.2, 0.25) is 0 Å². The summed E-state index contributed by atoms with van der Waals surface area (Å²) >= 11 is 0. The number of benzene rings is 1. The lowest BCUT2D eigenvalue weighted by molar-refractivity contribution is 0.557. The minimum absolute atomic E-state index is 0.349. The van der Waals surface area contributed by atoms with Gasteiger partial charge in [-0.05, 0) is 24.5 Å². The number of rotatable bonds is 4. The Labute approximate surface area is 103 Å². The molecule has 0 aliphatic heterocycles. The smallest absolute Gasteiger partial charge is 0.0634 e. The number of nitrogens with one attached hydrogen (secondary N) is 1. The first-order valence-corrected chi connectivity index (χ1v) is 6.22. The molecule has 0 fully saturated rings. The van der Waals surface area contributed by atoms with Gasteiger partial charge in [0.25, 0.3) is 0 Å². The molecule has 0 heterocycles. The maximum Gasteiger partial charge on any atom is 0.0634 e. The van der Waals surface area contributed by atoms with Crippen molar-refractivity contribution in [3.63, 3.8) is 0 Å². The average molecular weight is 228 g/mol. The molecule has 1 aromatic rings. The van der Waals surface area contributed by atoms with Crippen LogP contribution in [0, 0.1) is 0 Å². The minimum atomic E-state index is -0.349. The fourth-order valence-electron chi connectivity index (χ4n) is 2.02. The second-order valence-corrected chi connectivity index (χ2v) is 4.53. The lowest BCUT2D eigenvalue weighted by Crippen LogP contribution is -2.36. The van der Waals surface area contributed by atoms with E-state index in [1.165, 1.54) is 11.3 Å². The van der Waals surface area contributed by atoms with Crippen LogP contribution >= 0.6 is 0 Å². The Bertz CT molecular complexity index is 420.